The molecule has 4 rings (SSSR count). The third-order valence-corrected chi connectivity index (χ3v) is 5.86. The number of hydrogen-bond acceptors (Lipinski definition) is 6. The molecule has 3 aromatic rings. The summed E-state index contributed by atoms with van der Waals surface area (Å²) in [4.78, 5) is 29.5. The topological polar surface area (TPSA) is 109 Å². The van der Waals surface area contributed by atoms with Crippen LogP contribution in [0.5, 0.6) is 0 Å². The van der Waals surface area contributed by atoms with Gasteiger partial charge < -0.3 is 15.2 Å². The maximum atomic E-state index is 12.9. The van der Waals surface area contributed by atoms with Crippen molar-refractivity contribution < 1.29 is 27.3 Å². The Bertz CT molecular complexity index is 1220. The van der Waals surface area contributed by atoms with Gasteiger partial charge in [0.1, 0.15) is 0 Å². The summed E-state index contributed by atoms with van der Waals surface area (Å²) in [5.74, 6) is 0.0640. The van der Waals surface area contributed by atoms with Crippen LogP contribution >= 0.6 is 0 Å². The van der Waals surface area contributed by atoms with Gasteiger partial charge in [0.2, 0.25) is 11.8 Å². The highest BCUT2D eigenvalue weighted by Crippen LogP contribution is 2.37. The quantitative estimate of drug-likeness (QED) is 0.448. The van der Waals surface area contributed by atoms with Crippen LogP contribution in [0.1, 0.15) is 53.3 Å². The molecule has 2 amide bonds. The Morgan fingerprint density at radius 3 is 2.37 bits per heavy atom. The summed E-state index contributed by atoms with van der Waals surface area (Å²) >= 11 is 0. The van der Waals surface area contributed by atoms with E-state index < -0.39 is 23.2 Å². The molecule has 0 radical (unpaired) electrons. The lowest BCUT2D eigenvalue weighted by Crippen LogP contribution is -2.44. The van der Waals surface area contributed by atoms with Crippen molar-refractivity contribution in [3.05, 3.63) is 71.4 Å². The largest absolute Gasteiger partial charge is 0.416 e. The Morgan fingerprint density at radius 2 is 1.71 bits per heavy atom. The number of carbonyl (C=O) groups excluding carboxylic acids is 2. The van der Waals surface area contributed by atoms with Gasteiger partial charge in [0.25, 0.3) is 5.91 Å². The van der Waals surface area contributed by atoms with Crippen molar-refractivity contribution >= 4 is 23.2 Å². The predicted octanol–water partition coefficient (Wildman–Crippen LogP) is 4.65. The lowest BCUT2D eigenvalue weighted by Gasteiger charge is -2.26. The Morgan fingerprint density at radius 1 is 1.03 bits per heavy atom. The van der Waals surface area contributed by atoms with E-state index in [-0.39, 0.29) is 23.7 Å². The molecule has 0 spiro atoms. The van der Waals surface area contributed by atoms with Crippen LogP contribution in [-0.4, -0.2) is 28.5 Å². The fraction of sp³-hybridized carbons (Fsp3) is 0.333. The van der Waals surface area contributed by atoms with Gasteiger partial charge in [-0.2, -0.15) is 18.2 Å². The van der Waals surface area contributed by atoms with Gasteiger partial charge in [-0.25, -0.2) is 0 Å². The summed E-state index contributed by atoms with van der Waals surface area (Å²) in [6.45, 7) is 1.70. The molecule has 0 atom stereocenters. The summed E-state index contributed by atoms with van der Waals surface area (Å²) in [6.07, 6.45) is -0.996. The first-order valence-corrected chi connectivity index (χ1v) is 11.1. The Hall–Kier alpha value is -3.73. The van der Waals surface area contributed by atoms with Crippen molar-refractivity contribution in [1.29, 1.82) is 0 Å². The minimum absolute atomic E-state index is 0.00571. The molecule has 11 heteroatoms. The number of amides is 2. The first-order chi connectivity index (χ1) is 16.6. The highest BCUT2D eigenvalue weighted by atomic mass is 19.4. The van der Waals surface area contributed by atoms with E-state index in [1.165, 1.54) is 24.3 Å². The van der Waals surface area contributed by atoms with E-state index in [0.29, 0.717) is 17.4 Å². The summed E-state index contributed by atoms with van der Waals surface area (Å²) in [6, 6.07) is 10.5. The van der Waals surface area contributed by atoms with Gasteiger partial charge in [-0.15, -0.1) is 0 Å². The monoisotopic (exact) mass is 487 g/mol. The number of aromatic nitrogens is 2. The Balaban J connectivity index is 1.38. The molecule has 3 N–H and O–H groups in total. The van der Waals surface area contributed by atoms with E-state index in [2.05, 4.69) is 26.1 Å². The van der Waals surface area contributed by atoms with Crippen molar-refractivity contribution in [3.8, 4) is 0 Å². The van der Waals surface area contributed by atoms with Crippen LogP contribution in [0.4, 0.5) is 24.5 Å². The molecule has 184 valence electrons. The molecule has 1 aliphatic rings. The van der Waals surface area contributed by atoms with Gasteiger partial charge in [0.05, 0.1) is 17.6 Å². The number of rotatable bonds is 7. The highest BCUT2D eigenvalue weighted by Gasteiger charge is 2.39. The molecule has 0 saturated heterocycles. The molecule has 1 saturated carbocycles. The van der Waals surface area contributed by atoms with E-state index in [9.17, 15) is 22.8 Å². The number of nitrogens with zero attached hydrogens (tertiary/aromatic N) is 2. The molecule has 0 aliphatic heterocycles. The summed E-state index contributed by atoms with van der Waals surface area (Å²) < 4.78 is 43.9. The Labute approximate surface area is 199 Å². The van der Waals surface area contributed by atoms with E-state index in [4.69, 9.17) is 4.52 Å². The van der Waals surface area contributed by atoms with Crippen LogP contribution in [0.25, 0.3) is 0 Å². The highest BCUT2D eigenvalue weighted by molar-refractivity contribution is 6.05. The van der Waals surface area contributed by atoms with Gasteiger partial charge >= 0.3 is 6.18 Å². The molecule has 1 fully saturated rings. The third kappa shape index (κ3) is 5.86. The number of carbonyl (C=O) groups is 2. The van der Waals surface area contributed by atoms with Crippen LogP contribution in [0, 0.1) is 6.92 Å². The van der Waals surface area contributed by atoms with Crippen LogP contribution in [-0.2, 0) is 16.5 Å². The van der Waals surface area contributed by atoms with Crippen molar-refractivity contribution in [2.75, 3.05) is 17.2 Å². The predicted molar refractivity (Wildman–Crippen MR) is 122 cm³/mol. The van der Waals surface area contributed by atoms with Crippen molar-refractivity contribution in [1.82, 2.24) is 15.5 Å². The number of hydrogen-bond donors (Lipinski definition) is 3. The Kier molecular flexibility index (Phi) is 6.88. The third-order valence-electron chi connectivity index (χ3n) is 5.86. The molecular weight excluding hydrogens is 463 g/mol. The summed E-state index contributed by atoms with van der Waals surface area (Å²) in [7, 11) is 0. The first-order valence-electron chi connectivity index (χ1n) is 11.1. The number of halogens is 3. The first kappa shape index (κ1) is 24.4. The average molecular weight is 487 g/mol. The van der Waals surface area contributed by atoms with Crippen molar-refractivity contribution in [3.63, 3.8) is 0 Å². The number of anilines is 2. The van der Waals surface area contributed by atoms with E-state index in [0.717, 1.165) is 37.8 Å². The van der Waals surface area contributed by atoms with Crippen LogP contribution in [0.3, 0.4) is 0 Å². The summed E-state index contributed by atoms with van der Waals surface area (Å²) in [5.41, 5.74) is -0.809. The minimum Gasteiger partial charge on any atom is -0.340 e. The van der Waals surface area contributed by atoms with Crippen LogP contribution in [0.2, 0.25) is 0 Å². The van der Waals surface area contributed by atoms with Gasteiger partial charge in [0, 0.05) is 23.9 Å². The second-order valence-corrected chi connectivity index (χ2v) is 8.44. The van der Waals surface area contributed by atoms with E-state index >= 15 is 0 Å². The number of nitrogens with one attached hydrogen (secondary N) is 3. The number of alkyl halides is 3. The second-order valence-electron chi connectivity index (χ2n) is 8.44. The smallest absolute Gasteiger partial charge is 0.340 e. The number of aryl methyl sites for hydroxylation is 1. The van der Waals surface area contributed by atoms with Crippen molar-refractivity contribution in [2.24, 2.45) is 0 Å². The van der Waals surface area contributed by atoms with E-state index in [1.54, 1.807) is 19.1 Å². The molecule has 1 heterocycles. The lowest BCUT2D eigenvalue weighted by molar-refractivity contribution is -0.137. The zero-order valence-corrected chi connectivity index (χ0v) is 18.9. The maximum Gasteiger partial charge on any atom is 0.416 e. The average Bonchev–Trinajstić information content (AvgIpc) is 3.47. The van der Waals surface area contributed by atoms with Gasteiger partial charge in [-0.05, 0) is 49.2 Å². The van der Waals surface area contributed by atoms with Crippen LogP contribution in [0.15, 0.2) is 53.1 Å². The molecule has 0 bridgehead atoms. The zero-order chi connectivity index (χ0) is 25.1. The second kappa shape index (κ2) is 9.87. The molecule has 1 aliphatic carbocycles. The van der Waals surface area contributed by atoms with E-state index in [1.807, 2.05) is 0 Å². The number of benzene rings is 2. The molecule has 0 unspecified atom stereocenters. The lowest BCUT2D eigenvalue weighted by atomic mass is 9.96. The standard InChI is InChI=1S/C24H24F3N5O3/c1-15-29-22(32-35-15)23(10-2-3-11-23)28-14-20(33)30-18-8-4-6-16(12-18)21(34)31-19-9-5-7-17(13-19)24(25,26)27/h4-9,12-13,28H,2-3,10-11,14H2,1H3,(H,30,33)(H,31,34). The van der Waals surface area contributed by atoms with Gasteiger partial charge in [-0.1, -0.05) is 30.1 Å². The van der Waals surface area contributed by atoms with Crippen LogP contribution < -0.4 is 16.0 Å². The normalized spacial score (nSPS) is 15.1. The molecule has 8 nitrogen and oxygen atoms in total. The van der Waals surface area contributed by atoms with Crippen molar-refractivity contribution in [2.45, 2.75) is 44.3 Å². The maximum absolute atomic E-state index is 12.9. The zero-order valence-electron chi connectivity index (χ0n) is 18.9. The molecule has 2 aromatic carbocycles. The SMILES string of the molecule is Cc1nc(C2(NCC(=O)Nc3cccc(C(=O)Nc4cccc(C(F)(F)F)c4)c3)CCCC2)no1. The van der Waals surface area contributed by atoms with Gasteiger partial charge in [0.15, 0.2) is 5.82 Å². The fourth-order valence-corrected chi connectivity index (χ4v) is 4.12. The molecule has 1 aromatic heterocycles. The summed E-state index contributed by atoms with van der Waals surface area (Å²) in [5, 5.41) is 12.5. The molecule has 35 heavy (non-hydrogen) atoms. The van der Waals surface area contributed by atoms with Gasteiger partial charge in [-0.3, -0.25) is 14.9 Å². The molecular formula is C24H24F3N5O3. The fourth-order valence-electron chi connectivity index (χ4n) is 4.12. The minimum atomic E-state index is -4.52.